The predicted octanol–water partition coefficient (Wildman–Crippen LogP) is 0.0912. The van der Waals surface area contributed by atoms with Gasteiger partial charge in [-0.15, -0.1) is 11.6 Å². The number of ether oxygens (including phenoxy) is 1. The Labute approximate surface area is 72.2 Å². The number of halogens is 1. The molecule has 1 aliphatic heterocycles. The second-order valence-corrected chi connectivity index (χ2v) is 3.56. The van der Waals surface area contributed by atoms with Crippen LogP contribution in [0.2, 0.25) is 0 Å². The lowest BCUT2D eigenvalue weighted by Gasteiger charge is -2.38. The molecule has 0 amide bonds. The monoisotopic (exact) mass is 177 g/mol. The lowest BCUT2D eigenvalue weighted by molar-refractivity contribution is 0.0352. The van der Waals surface area contributed by atoms with Crippen molar-refractivity contribution in [3.8, 4) is 0 Å². The minimum absolute atomic E-state index is 0.00694. The van der Waals surface area contributed by atoms with Crippen LogP contribution in [0.3, 0.4) is 0 Å². The van der Waals surface area contributed by atoms with Crippen LogP contribution in [0.5, 0.6) is 0 Å². The van der Waals surface area contributed by atoms with Gasteiger partial charge in [0.25, 0.3) is 0 Å². The second kappa shape index (κ2) is 3.27. The van der Waals surface area contributed by atoms with E-state index in [-0.39, 0.29) is 11.6 Å². The van der Waals surface area contributed by atoms with E-state index in [0.29, 0.717) is 13.0 Å². The number of nitrogens with one attached hydrogen (secondary N) is 1. The first-order chi connectivity index (χ1) is 5.06. The van der Waals surface area contributed by atoms with Crippen LogP contribution in [0.25, 0.3) is 0 Å². The molecule has 1 radical (unpaired) electrons. The van der Waals surface area contributed by atoms with Crippen molar-refractivity contribution in [3.63, 3.8) is 0 Å². The van der Waals surface area contributed by atoms with Gasteiger partial charge in [0.05, 0.1) is 5.38 Å². The van der Waals surface area contributed by atoms with Crippen molar-refractivity contribution in [3.05, 3.63) is 6.92 Å². The number of rotatable bonds is 1. The van der Waals surface area contributed by atoms with E-state index in [2.05, 4.69) is 12.2 Å². The molecule has 3 unspecified atom stereocenters. The number of piperidine rings is 1. The topological polar surface area (TPSA) is 47.3 Å². The van der Waals surface area contributed by atoms with Gasteiger partial charge in [-0.2, -0.15) is 0 Å². The van der Waals surface area contributed by atoms with E-state index in [0.717, 1.165) is 0 Å². The van der Waals surface area contributed by atoms with Gasteiger partial charge in [-0.25, -0.2) is 0 Å². The third-order valence-corrected chi connectivity index (χ3v) is 2.59. The smallest absolute Gasteiger partial charge is 0.109 e. The predicted molar refractivity (Wildman–Crippen MR) is 45.3 cm³/mol. The van der Waals surface area contributed by atoms with E-state index >= 15 is 0 Å². The molecule has 4 heteroatoms. The molecule has 3 atom stereocenters. The van der Waals surface area contributed by atoms with Gasteiger partial charge in [0.15, 0.2) is 0 Å². The molecule has 65 valence electrons. The molecule has 0 saturated carbocycles. The van der Waals surface area contributed by atoms with Gasteiger partial charge in [-0.3, -0.25) is 5.32 Å². The first-order valence-electron chi connectivity index (χ1n) is 3.61. The van der Waals surface area contributed by atoms with Crippen LogP contribution in [0, 0.1) is 6.92 Å². The van der Waals surface area contributed by atoms with E-state index in [1.165, 1.54) is 0 Å². The zero-order chi connectivity index (χ0) is 8.48. The molecule has 0 aromatic rings. The average molecular weight is 178 g/mol. The van der Waals surface area contributed by atoms with Gasteiger partial charge in [-0.1, -0.05) is 0 Å². The molecule has 1 rings (SSSR count). The summed E-state index contributed by atoms with van der Waals surface area (Å²) < 4.78 is 5.09. The zero-order valence-electron chi connectivity index (χ0n) is 6.64. The van der Waals surface area contributed by atoms with Crippen molar-refractivity contribution >= 4 is 11.6 Å². The van der Waals surface area contributed by atoms with E-state index < -0.39 is 5.54 Å². The standard InChI is InChI=1S/C7H14ClN2O/c1-7(9)3-6(11-2)10-4-5(7)8/h5-6,10H,1,3-4,9H2,2H3. The highest BCUT2D eigenvalue weighted by Crippen LogP contribution is 2.22. The molecule has 1 fully saturated rings. The minimum atomic E-state index is -0.562. The summed E-state index contributed by atoms with van der Waals surface area (Å²) in [4.78, 5) is 0. The fraction of sp³-hybridized carbons (Fsp3) is 0.857. The molecule has 1 heterocycles. The molecule has 11 heavy (non-hydrogen) atoms. The molecule has 0 aromatic heterocycles. The van der Waals surface area contributed by atoms with Crippen LogP contribution < -0.4 is 11.1 Å². The maximum Gasteiger partial charge on any atom is 0.109 e. The fourth-order valence-corrected chi connectivity index (χ4v) is 1.33. The third-order valence-electron chi connectivity index (χ3n) is 2.00. The normalized spacial score (nSPS) is 45.8. The van der Waals surface area contributed by atoms with Gasteiger partial charge in [-0.05, 0) is 6.92 Å². The number of alkyl halides is 1. The Kier molecular flexibility index (Phi) is 2.75. The quantitative estimate of drug-likeness (QED) is 0.559. The summed E-state index contributed by atoms with van der Waals surface area (Å²) >= 11 is 5.93. The van der Waals surface area contributed by atoms with Crippen molar-refractivity contribution in [2.45, 2.75) is 23.6 Å². The average Bonchev–Trinajstić information content (AvgIpc) is 1.95. The van der Waals surface area contributed by atoms with Crippen LogP contribution in [-0.4, -0.2) is 30.8 Å². The summed E-state index contributed by atoms with van der Waals surface area (Å²) in [7, 11) is 1.64. The summed E-state index contributed by atoms with van der Waals surface area (Å²) in [5.41, 5.74) is 5.26. The molecule has 3 nitrogen and oxygen atoms in total. The number of nitrogens with two attached hydrogens (primary N) is 1. The molecule has 0 bridgehead atoms. The van der Waals surface area contributed by atoms with Gasteiger partial charge < -0.3 is 10.5 Å². The minimum Gasteiger partial charge on any atom is -0.367 e. The van der Waals surface area contributed by atoms with Crippen LogP contribution in [0.4, 0.5) is 0 Å². The molecule has 0 aliphatic carbocycles. The van der Waals surface area contributed by atoms with Crippen LogP contribution in [0.15, 0.2) is 0 Å². The van der Waals surface area contributed by atoms with Gasteiger partial charge >= 0.3 is 0 Å². The lowest BCUT2D eigenvalue weighted by Crippen LogP contribution is -2.59. The van der Waals surface area contributed by atoms with Crippen molar-refractivity contribution in [1.82, 2.24) is 5.32 Å². The Balaban J connectivity index is 2.52. The van der Waals surface area contributed by atoms with E-state index in [4.69, 9.17) is 22.1 Å². The fourth-order valence-electron chi connectivity index (χ4n) is 1.15. The van der Waals surface area contributed by atoms with Gasteiger partial charge in [0, 0.05) is 25.6 Å². The maximum absolute atomic E-state index is 5.93. The lowest BCUT2D eigenvalue weighted by atomic mass is 9.90. The summed E-state index contributed by atoms with van der Waals surface area (Å²) in [6.07, 6.45) is 0.644. The molecular weight excluding hydrogens is 164 g/mol. The number of hydrogen-bond donors (Lipinski definition) is 2. The van der Waals surface area contributed by atoms with Gasteiger partial charge in [0.1, 0.15) is 6.23 Å². The Morgan fingerprint density at radius 2 is 2.45 bits per heavy atom. The first kappa shape index (κ1) is 9.26. The number of methoxy groups -OCH3 is 1. The second-order valence-electron chi connectivity index (χ2n) is 3.04. The van der Waals surface area contributed by atoms with Gasteiger partial charge in [0.2, 0.25) is 0 Å². The zero-order valence-corrected chi connectivity index (χ0v) is 7.40. The van der Waals surface area contributed by atoms with E-state index in [1.807, 2.05) is 0 Å². The third kappa shape index (κ3) is 2.06. The Hall–Kier alpha value is 0.170. The largest absolute Gasteiger partial charge is 0.367 e. The molecule has 3 N–H and O–H groups in total. The first-order valence-corrected chi connectivity index (χ1v) is 4.04. The van der Waals surface area contributed by atoms with Crippen molar-refractivity contribution < 1.29 is 4.74 Å². The summed E-state index contributed by atoms with van der Waals surface area (Å²) in [6, 6.07) is 0. The Bertz CT molecular complexity index is 140. The summed E-state index contributed by atoms with van der Waals surface area (Å²) in [5, 5.41) is 2.98. The van der Waals surface area contributed by atoms with Crippen molar-refractivity contribution in [2.75, 3.05) is 13.7 Å². The van der Waals surface area contributed by atoms with Crippen molar-refractivity contribution in [2.24, 2.45) is 5.73 Å². The Morgan fingerprint density at radius 3 is 2.91 bits per heavy atom. The molecule has 1 saturated heterocycles. The van der Waals surface area contributed by atoms with Crippen LogP contribution in [0.1, 0.15) is 6.42 Å². The Morgan fingerprint density at radius 1 is 1.82 bits per heavy atom. The summed E-state index contributed by atoms with van der Waals surface area (Å²) in [5.74, 6) is 0. The SMILES string of the molecule is [CH2]C1(N)CC(OC)NCC1Cl. The van der Waals surface area contributed by atoms with E-state index in [9.17, 15) is 0 Å². The van der Waals surface area contributed by atoms with Crippen LogP contribution in [-0.2, 0) is 4.74 Å². The number of hydrogen-bond acceptors (Lipinski definition) is 3. The highest BCUT2D eigenvalue weighted by Gasteiger charge is 2.35. The van der Waals surface area contributed by atoms with Crippen LogP contribution >= 0.6 is 11.6 Å². The highest BCUT2D eigenvalue weighted by molar-refractivity contribution is 6.21. The van der Waals surface area contributed by atoms with Crippen molar-refractivity contribution in [1.29, 1.82) is 0 Å². The van der Waals surface area contributed by atoms with E-state index in [1.54, 1.807) is 7.11 Å². The molecule has 0 aromatic carbocycles. The summed E-state index contributed by atoms with van der Waals surface area (Å²) in [6.45, 7) is 4.49. The molecular formula is C7H14ClN2O. The molecule has 0 spiro atoms. The highest BCUT2D eigenvalue weighted by atomic mass is 35.5. The maximum atomic E-state index is 5.93. The molecule has 1 aliphatic rings.